The molecule has 0 atom stereocenters. The van der Waals surface area contributed by atoms with Crippen molar-refractivity contribution in [2.24, 2.45) is 0 Å². The van der Waals surface area contributed by atoms with E-state index < -0.39 is 0 Å². The van der Waals surface area contributed by atoms with E-state index in [1.807, 2.05) is 48.8 Å². The van der Waals surface area contributed by atoms with Gasteiger partial charge in [-0.3, -0.25) is 4.90 Å². The highest BCUT2D eigenvalue weighted by Crippen LogP contribution is 2.53. The Morgan fingerprint density at radius 1 is 0.368 bits per heavy atom. The van der Waals surface area contributed by atoms with Crippen molar-refractivity contribution in [1.82, 2.24) is 9.97 Å². The maximum Gasteiger partial charge on any atom is 0.138 e. The van der Waals surface area contributed by atoms with Crippen molar-refractivity contribution < 1.29 is 0 Å². The lowest BCUT2D eigenvalue weighted by atomic mass is 9.79. The summed E-state index contributed by atoms with van der Waals surface area (Å²) in [7, 11) is 0. The van der Waals surface area contributed by atoms with Gasteiger partial charge >= 0.3 is 0 Å². The lowest BCUT2D eigenvalue weighted by Crippen LogP contribution is -2.16. The average Bonchev–Trinajstić information content (AvgIpc) is 3.48. The molecular weight excluding hydrogens is 693 g/mol. The molecule has 11 rings (SSSR count). The third-order valence-electron chi connectivity index (χ3n) is 11.8. The fourth-order valence-electron chi connectivity index (χ4n) is 9.09. The predicted molar refractivity (Wildman–Crippen MR) is 239 cm³/mol. The highest BCUT2D eigenvalue weighted by Gasteiger charge is 2.37. The Morgan fingerprint density at radius 3 is 1.44 bits per heavy atom. The predicted octanol–water partition coefficient (Wildman–Crippen LogP) is 14.3. The summed E-state index contributed by atoms with van der Waals surface area (Å²) in [5.74, 6) is 1.66. The van der Waals surface area contributed by atoms with Gasteiger partial charge in [-0.15, -0.1) is 0 Å². The molecule has 0 aliphatic heterocycles. The maximum atomic E-state index is 4.71. The fourth-order valence-corrected chi connectivity index (χ4v) is 9.09. The highest BCUT2D eigenvalue weighted by molar-refractivity contribution is 6.03. The maximum absolute atomic E-state index is 4.71. The van der Waals surface area contributed by atoms with Crippen LogP contribution in [0.3, 0.4) is 0 Å². The van der Waals surface area contributed by atoms with Crippen LogP contribution in [-0.4, -0.2) is 9.97 Å². The van der Waals surface area contributed by atoms with Crippen LogP contribution in [0.15, 0.2) is 194 Å². The zero-order valence-electron chi connectivity index (χ0n) is 31.8. The van der Waals surface area contributed by atoms with E-state index in [1.54, 1.807) is 0 Å². The zero-order valence-corrected chi connectivity index (χ0v) is 31.8. The first-order valence-corrected chi connectivity index (χ1v) is 19.6. The third kappa shape index (κ3) is 5.44. The summed E-state index contributed by atoms with van der Waals surface area (Å²) < 4.78 is 0. The molecule has 1 aliphatic rings. The molecule has 57 heavy (non-hydrogen) atoms. The Kier molecular flexibility index (Phi) is 7.48. The van der Waals surface area contributed by atoms with Crippen LogP contribution in [0, 0.1) is 0 Å². The van der Waals surface area contributed by atoms with Crippen LogP contribution in [0.4, 0.5) is 34.4 Å². The van der Waals surface area contributed by atoms with Gasteiger partial charge in [-0.25, -0.2) is 9.97 Å². The summed E-state index contributed by atoms with van der Waals surface area (Å²) in [4.78, 5) is 13.9. The molecule has 4 heteroatoms. The van der Waals surface area contributed by atoms with Crippen LogP contribution in [0.2, 0.25) is 0 Å². The van der Waals surface area contributed by atoms with Gasteiger partial charge in [0.2, 0.25) is 0 Å². The molecule has 0 saturated heterocycles. The summed E-state index contributed by atoms with van der Waals surface area (Å²) in [6.07, 6.45) is 3.66. The molecule has 0 radical (unpaired) electrons. The van der Waals surface area contributed by atoms with Crippen LogP contribution in [-0.2, 0) is 5.41 Å². The summed E-state index contributed by atoms with van der Waals surface area (Å²) in [6.45, 7) is 4.76. The highest BCUT2D eigenvalue weighted by atomic mass is 15.2. The second kappa shape index (κ2) is 12.9. The minimum Gasteiger partial charge on any atom is -0.310 e. The molecular formula is C53H38N4. The molecule has 0 N–H and O–H groups in total. The molecule has 270 valence electrons. The Hall–Kier alpha value is -7.30. The number of nitrogens with zero attached hydrogens (tertiary/aromatic N) is 4. The van der Waals surface area contributed by atoms with E-state index in [0.29, 0.717) is 0 Å². The first kappa shape index (κ1) is 33.1. The molecule has 2 heterocycles. The first-order valence-electron chi connectivity index (χ1n) is 19.6. The van der Waals surface area contributed by atoms with Crippen molar-refractivity contribution in [3.05, 3.63) is 206 Å². The van der Waals surface area contributed by atoms with Crippen LogP contribution < -0.4 is 9.80 Å². The molecule has 0 unspecified atom stereocenters. The van der Waals surface area contributed by atoms with Crippen LogP contribution in [0.5, 0.6) is 0 Å². The van der Waals surface area contributed by atoms with E-state index in [4.69, 9.17) is 9.97 Å². The SMILES string of the molecule is CC1(C)c2cc3cc(N(c4ccccn4)c4ccccn4)ccc3cc2-c2ccc3cc(N(c4ccc5ccccc5c4)c4ccc5ccccc5c4)ccc3c21. The first-order chi connectivity index (χ1) is 28.0. The van der Waals surface area contributed by atoms with Crippen molar-refractivity contribution in [2.45, 2.75) is 19.3 Å². The molecule has 0 fully saturated rings. The second-order valence-electron chi connectivity index (χ2n) is 15.6. The van der Waals surface area contributed by atoms with Crippen molar-refractivity contribution in [2.75, 3.05) is 9.80 Å². The minimum atomic E-state index is -0.214. The molecule has 0 spiro atoms. The van der Waals surface area contributed by atoms with E-state index in [2.05, 4.69) is 169 Å². The Bertz CT molecular complexity index is 3050. The second-order valence-corrected chi connectivity index (χ2v) is 15.6. The standard InChI is InChI=1S/C53H38N4/c1-53(2)49-34-41-32-45(57(50-15-7-9-27-54-50)51-16-8-10-28-55-51)23-19-39(41)33-48(49)47-25-20-40-31-44(24-26-46(40)52(47)53)56(42-21-17-35-11-3-5-13-37(35)29-42)43-22-18-36-12-4-6-14-38(36)30-43/h3-34H,1-2H3. The molecule has 4 nitrogen and oxygen atoms in total. The lowest BCUT2D eigenvalue weighted by molar-refractivity contribution is 0.667. The largest absolute Gasteiger partial charge is 0.310 e. The quantitative estimate of drug-likeness (QED) is 0.170. The van der Waals surface area contributed by atoms with Crippen molar-refractivity contribution in [1.29, 1.82) is 0 Å². The number of fused-ring (bicyclic) bond motifs is 8. The number of aromatic nitrogens is 2. The van der Waals surface area contributed by atoms with Gasteiger partial charge < -0.3 is 4.90 Å². The Morgan fingerprint density at radius 2 is 0.842 bits per heavy atom. The smallest absolute Gasteiger partial charge is 0.138 e. The van der Waals surface area contributed by atoms with Gasteiger partial charge in [0.15, 0.2) is 0 Å². The summed E-state index contributed by atoms with van der Waals surface area (Å²) in [5, 5.41) is 9.83. The Balaban J connectivity index is 1.03. The summed E-state index contributed by atoms with van der Waals surface area (Å²) >= 11 is 0. The van der Waals surface area contributed by atoms with Gasteiger partial charge in [-0.1, -0.05) is 111 Å². The van der Waals surface area contributed by atoms with Crippen LogP contribution >= 0.6 is 0 Å². The molecule has 0 bridgehead atoms. The van der Waals surface area contributed by atoms with Gasteiger partial charge in [0.1, 0.15) is 11.6 Å². The Labute approximate surface area is 331 Å². The van der Waals surface area contributed by atoms with Crippen molar-refractivity contribution >= 4 is 77.5 Å². The molecule has 0 saturated carbocycles. The normalized spacial score (nSPS) is 12.9. The van der Waals surface area contributed by atoms with Crippen LogP contribution in [0.25, 0.3) is 54.2 Å². The van der Waals surface area contributed by atoms with E-state index in [1.165, 1.54) is 65.3 Å². The molecule has 8 aromatic carbocycles. The lowest BCUT2D eigenvalue weighted by Gasteiger charge is -2.28. The third-order valence-corrected chi connectivity index (χ3v) is 11.8. The number of anilines is 6. The van der Waals surface area contributed by atoms with Gasteiger partial charge in [0.25, 0.3) is 0 Å². The fraction of sp³-hybridized carbons (Fsp3) is 0.0566. The van der Waals surface area contributed by atoms with Crippen molar-refractivity contribution in [3.63, 3.8) is 0 Å². The van der Waals surface area contributed by atoms with Gasteiger partial charge in [-0.05, 0) is 150 Å². The number of pyridine rings is 2. The number of hydrogen-bond acceptors (Lipinski definition) is 4. The molecule has 1 aliphatic carbocycles. The van der Waals surface area contributed by atoms with Crippen molar-refractivity contribution in [3.8, 4) is 11.1 Å². The van der Waals surface area contributed by atoms with E-state index in [9.17, 15) is 0 Å². The van der Waals surface area contributed by atoms with Gasteiger partial charge in [-0.2, -0.15) is 0 Å². The topological polar surface area (TPSA) is 32.3 Å². The van der Waals surface area contributed by atoms with Gasteiger partial charge in [0, 0.05) is 40.6 Å². The monoisotopic (exact) mass is 730 g/mol. The summed E-state index contributed by atoms with van der Waals surface area (Å²) in [5.41, 5.74) is 9.54. The number of hydrogen-bond donors (Lipinski definition) is 0. The van der Waals surface area contributed by atoms with Crippen LogP contribution in [0.1, 0.15) is 25.0 Å². The molecule has 10 aromatic rings. The van der Waals surface area contributed by atoms with E-state index in [0.717, 1.165) is 34.4 Å². The van der Waals surface area contributed by atoms with E-state index >= 15 is 0 Å². The molecule has 0 amide bonds. The number of rotatable bonds is 6. The number of benzene rings is 8. The molecule has 2 aromatic heterocycles. The van der Waals surface area contributed by atoms with E-state index in [-0.39, 0.29) is 5.41 Å². The van der Waals surface area contributed by atoms with Gasteiger partial charge in [0.05, 0.1) is 0 Å². The average molecular weight is 731 g/mol. The summed E-state index contributed by atoms with van der Waals surface area (Å²) in [6, 6.07) is 65.9. The minimum absolute atomic E-state index is 0.214. The zero-order chi connectivity index (χ0) is 38.1.